The standard InChI is InChI=1S/C27H49NO6S/c1-5-19-23-16-18(29)8-11-27(23,4)22-9-12-26(3)20(6-7-21(26)24(22)25(19)30)17(2)10-13-28-14-15-34-35(31,32)33/h17-25,28-30H,5-16H2,1-4H3,(H,31,32,33)/t17-,18-,19-,20-,21?,22?,23+,24?,25?,26-,27-/m1/s1. The van der Waals surface area contributed by atoms with Crippen LogP contribution >= 0.6 is 0 Å². The molecule has 4 aliphatic carbocycles. The average molecular weight is 516 g/mol. The SMILES string of the molecule is CC[C@H]1C(O)C2C3CC[C@H]([C@H](C)CCNCCOS(=O)(=O)O)[C@@]3(C)CCC2[C@@]2(C)CC[C@@H](O)C[C@@H]12. The third-order valence-corrected chi connectivity index (χ3v) is 11.9. The second-order valence-electron chi connectivity index (χ2n) is 12.9. The Balaban J connectivity index is 1.42. The maximum atomic E-state index is 11.8. The lowest BCUT2D eigenvalue weighted by Gasteiger charge is -2.64. The summed E-state index contributed by atoms with van der Waals surface area (Å²) in [6.07, 6.45) is 9.28. The molecule has 4 saturated carbocycles. The highest BCUT2D eigenvalue weighted by Gasteiger charge is 2.64. The number of hydrogen-bond acceptors (Lipinski definition) is 6. The summed E-state index contributed by atoms with van der Waals surface area (Å²) in [5.41, 5.74) is 0.494. The minimum atomic E-state index is -4.37. The van der Waals surface area contributed by atoms with Crippen LogP contribution in [0.25, 0.3) is 0 Å². The van der Waals surface area contributed by atoms with Gasteiger partial charge in [0.25, 0.3) is 0 Å². The van der Waals surface area contributed by atoms with Gasteiger partial charge in [-0.2, -0.15) is 8.42 Å². The van der Waals surface area contributed by atoms with E-state index >= 15 is 0 Å². The lowest BCUT2D eigenvalue weighted by atomic mass is 9.41. The molecule has 4 N–H and O–H groups in total. The van der Waals surface area contributed by atoms with E-state index in [0.29, 0.717) is 48.0 Å². The molecule has 0 aromatic rings. The summed E-state index contributed by atoms with van der Waals surface area (Å²) in [5.74, 6) is 3.42. The van der Waals surface area contributed by atoms with Crippen molar-refractivity contribution in [3.63, 3.8) is 0 Å². The third kappa shape index (κ3) is 5.22. The zero-order valence-electron chi connectivity index (χ0n) is 22.2. The maximum Gasteiger partial charge on any atom is 0.397 e. The van der Waals surface area contributed by atoms with E-state index in [2.05, 4.69) is 37.2 Å². The van der Waals surface area contributed by atoms with Crippen LogP contribution in [0.4, 0.5) is 0 Å². The van der Waals surface area contributed by atoms with Crippen molar-refractivity contribution in [1.29, 1.82) is 0 Å². The number of hydrogen-bond donors (Lipinski definition) is 4. The van der Waals surface area contributed by atoms with Gasteiger partial charge in [-0.25, -0.2) is 4.18 Å². The topological polar surface area (TPSA) is 116 Å². The van der Waals surface area contributed by atoms with Crippen molar-refractivity contribution >= 4 is 10.4 Å². The minimum Gasteiger partial charge on any atom is -0.393 e. The Kier molecular flexibility index (Phi) is 8.32. The summed E-state index contributed by atoms with van der Waals surface area (Å²) in [5, 5.41) is 25.5. The molecule has 4 aliphatic rings. The Morgan fingerprint density at radius 2 is 1.69 bits per heavy atom. The van der Waals surface area contributed by atoms with E-state index in [0.717, 1.165) is 38.6 Å². The van der Waals surface area contributed by atoms with Gasteiger partial charge >= 0.3 is 10.4 Å². The van der Waals surface area contributed by atoms with E-state index in [9.17, 15) is 18.6 Å². The molecule has 8 heteroatoms. The van der Waals surface area contributed by atoms with Crippen LogP contribution in [0, 0.1) is 52.3 Å². The second kappa shape index (κ2) is 10.5. The summed E-state index contributed by atoms with van der Waals surface area (Å²) in [4.78, 5) is 0. The van der Waals surface area contributed by atoms with Crippen LogP contribution in [-0.4, -0.2) is 55.1 Å². The molecule has 0 aromatic heterocycles. The van der Waals surface area contributed by atoms with Crippen molar-refractivity contribution < 1.29 is 27.4 Å². The van der Waals surface area contributed by atoms with Crippen LogP contribution in [-0.2, 0) is 14.6 Å². The smallest absolute Gasteiger partial charge is 0.393 e. The van der Waals surface area contributed by atoms with Gasteiger partial charge in [-0.05, 0) is 110 Å². The average Bonchev–Trinajstić information content (AvgIpc) is 3.14. The van der Waals surface area contributed by atoms with Gasteiger partial charge in [-0.3, -0.25) is 4.55 Å². The quantitative estimate of drug-likeness (QED) is 0.270. The highest BCUT2D eigenvalue weighted by molar-refractivity contribution is 7.80. The molecule has 4 fully saturated rings. The predicted octanol–water partition coefficient (Wildman–Crippen LogP) is 4.05. The van der Waals surface area contributed by atoms with Crippen LogP contribution in [0.1, 0.15) is 85.5 Å². The largest absolute Gasteiger partial charge is 0.397 e. The van der Waals surface area contributed by atoms with Crippen molar-refractivity contribution in [2.75, 3.05) is 19.7 Å². The minimum absolute atomic E-state index is 0.0627. The first-order valence-corrected chi connectivity index (χ1v) is 15.5. The van der Waals surface area contributed by atoms with E-state index in [1.807, 2.05) is 0 Å². The fourth-order valence-corrected chi connectivity index (χ4v) is 10.1. The molecule has 4 rings (SSSR count). The van der Waals surface area contributed by atoms with Gasteiger partial charge < -0.3 is 15.5 Å². The van der Waals surface area contributed by atoms with Gasteiger partial charge in [-0.15, -0.1) is 0 Å². The molecule has 4 unspecified atom stereocenters. The Bertz CT molecular complexity index is 838. The third-order valence-electron chi connectivity index (χ3n) is 11.4. The van der Waals surface area contributed by atoms with Crippen molar-refractivity contribution in [3.8, 4) is 0 Å². The molecular weight excluding hydrogens is 466 g/mol. The van der Waals surface area contributed by atoms with Crippen LogP contribution in [0.15, 0.2) is 0 Å². The Morgan fingerprint density at radius 3 is 2.37 bits per heavy atom. The molecule has 35 heavy (non-hydrogen) atoms. The molecule has 0 aliphatic heterocycles. The first kappa shape index (κ1) is 27.8. The molecule has 0 radical (unpaired) electrons. The van der Waals surface area contributed by atoms with Crippen LogP contribution < -0.4 is 5.32 Å². The van der Waals surface area contributed by atoms with Gasteiger partial charge in [0.15, 0.2) is 0 Å². The van der Waals surface area contributed by atoms with E-state index in [4.69, 9.17) is 4.55 Å². The monoisotopic (exact) mass is 515 g/mol. The Labute approximate surface area is 212 Å². The molecular formula is C27H49NO6S. The van der Waals surface area contributed by atoms with Crippen molar-refractivity contribution in [2.45, 2.75) is 97.7 Å². The summed E-state index contributed by atoms with van der Waals surface area (Å²) in [6.45, 7) is 10.7. The number of aliphatic hydroxyl groups is 2. The van der Waals surface area contributed by atoms with E-state index in [1.165, 1.54) is 25.7 Å². The molecule has 0 saturated heterocycles. The first-order chi connectivity index (χ1) is 16.4. The van der Waals surface area contributed by atoms with Gasteiger partial charge in [0.05, 0.1) is 18.8 Å². The van der Waals surface area contributed by atoms with Crippen LogP contribution in [0.3, 0.4) is 0 Å². The number of nitrogens with one attached hydrogen (secondary N) is 1. The summed E-state index contributed by atoms with van der Waals surface area (Å²) in [7, 11) is -4.37. The summed E-state index contributed by atoms with van der Waals surface area (Å²) < 4.78 is 34.4. The van der Waals surface area contributed by atoms with Gasteiger partial charge in [0.2, 0.25) is 0 Å². The summed E-state index contributed by atoms with van der Waals surface area (Å²) >= 11 is 0. The van der Waals surface area contributed by atoms with Gasteiger partial charge in [-0.1, -0.05) is 34.1 Å². The maximum absolute atomic E-state index is 11.8. The Morgan fingerprint density at radius 1 is 1.00 bits per heavy atom. The molecule has 204 valence electrons. The van der Waals surface area contributed by atoms with E-state index < -0.39 is 10.4 Å². The molecule has 0 heterocycles. The number of rotatable bonds is 9. The van der Waals surface area contributed by atoms with Crippen LogP contribution in [0.2, 0.25) is 0 Å². The van der Waals surface area contributed by atoms with Crippen molar-refractivity contribution in [1.82, 2.24) is 5.32 Å². The highest BCUT2D eigenvalue weighted by atomic mass is 32.3. The Hall–Kier alpha value is -0.250. The molecule has 0 aromatic carbocycles. The fourth-order valence-electron chi connectivity index (χ4n) is 9.81. The predicted molar refractivity (Wildman–Crippen MR) is 136 cm³/mol. The summed E-state index contributed by atoms with van der Waals surface area (Å²) in [6, 6.07) is 0. The molecule has 0 amide bonds. The fraction of sp³-hybridized carbons (Fsp3) is 1.00. The van der Waals surface area contributed by atoms with Gasteiger partial charge in [0.1, 0.15) is 0 Å². The highest BCUT2D eigenvalue weighted by Crippen LogP contribution is 2.69. The zero-order chi connectivity index (χ0) is 25.6. The molecule has 11 atom stereocenters. The lowest BCUT2D eigenvalue weighted by molar-refractivity contribution is -0.203. The molecule has 0 spiro atoms. The van der Waals surface area contributed by atoms with Crippen molar-refractivity contribution in [2.24, 2.45) is 52.3 Å². The second-order valence-corrected chi connectivity index (χ2v) is 14.0. The van der Waals surface area contributed by atoms with Crippen LogP contribution in [0.5, 0.6) is 0 Å². The molecule has 7 nitrogen and oxygen atoms in total. The van der Waals surface area contributed by atoms with E-state index in [1.54, 1.807) is 0 Å². The van der Waals surface area contributed by atoms with Gasteiger partial charge in [0, 0.05) is 6.54 Å². The number of fused-ring (bicyclic) bond motifs is 5. The lowest BCUT2D eigenvalue weighted by Crippen LogP contribution is -2.62. The van der Waals surface area contributed by atoms with Crippen molar-refractivity contribution in [3.05, 3.63) is 0 Å². The van der Waals surface area contributed by atoms with E-state index in [-0.39, 0.29) is 29.6 Å². The normalized spacial score (nSPS) is 46.5. The molecule has 0 bridgehead atoms. The first-order valence-electron chi connectivity index (χ1n) is 14.1. The number of aliphatic hydroxyl groups excluding tert-OH is 2. The zero-order valence-corrected chi connectivity index (χ0v) is 23.0.